The highest BCUT2D eigenvalue weighted by atomic mass is 79.9. The van der Waals surface area contributed by atoms with E-state index in [9.17, 15) is 9.59 Å². The maximum absolute atomic E-state index is 13.3. The van der Waals surface area contributed by atoms with Crippen LogP contribution in [0.4, 0.5) is 5.69 Å². The summed E-state index contributed by atoms with van der Waals surface area (Å²) < 4.78 is 0.963. The van der Waals surface area contributed by atoms with Crippen LogP contribution in [0.3, 0.4) is 0 Å². The third-order valence-electron chi connectivity index (χ3n) is 5.22. The Hall–Kier alpha value is -3.50. The molecule has 0 bridgehead atoms. The van der Waals surface area contributed by atoms with Crippen molar-refractivity contribution in [3.05, 3.63) is 94.1 Å². The average molecular weight is 521 g/mol. The predicted molar refractivity (Wildman–Crippen MR) is 129 cm³/mol. The second-order valence-corrected chi connectivity index (χ2v) is 9.20. The van der Waals surface area contributed by atoms with Crippen molar-refractivity contribution in [3.63, 3.8) is 0 Å². The Morgan fingerprint density at radius 3 is 2.58 bits per heavy atom. The number of hydrogen-bond donors (Lipinski definition) is 2. The number of pyridine rings is 2. The van der Waals surface area contributed by atoms with Gasteiger partial charge in [0, 0.05) is 33.5 Å². The first-order valence-electron chi connectivity index (χ1n) is 10.0. The summed E-state index contributed by atoms with van der Waals surface area (Å²) in [5, 5.41) is 0.772. The molecule has 10 heteroatoms. The lowest BCUT2D eigenvalue weighted by molar-refractivity contribution is -0.118. The van der Waals surface area contributed by atoms with E-state index in [0.29, 0.717) is 22.5 Å². The van der Waals surface area contributed by atoms with Crippen molar-refractivity contribution in [2.75, 3.05) is 4.90 Å². The molecule has 0 radical (unpaired) electrons. The van der Waals surface area contributed by atoms with Gasteiger partial charge < -0.3 is 4.90 Å². The van der Waals surface area contributed by atoms with Gasteiger partial charge in [0.15, 0.2) is 5.17 Å². The summed E-state index contributed by atoms with van der Waals surface area (Å²) in [6.45, 7) is 1.79. The molecular weight excluding hydrogens is 504 g/mol. The molecule has 0 saturated carbocycles. The lowest BCUT2D eigenvalue weighted by Crippen LogP contribution is -2.46. The Balaban J connectivity index is 1.50. The molecule has 1 atom stereocenters. The van der Waals surface area contributed by atoms with Crippen molar-refractivity contribution >= 4 is 50.4 Å². The molecule has 8 nitrogen and oxygen atoms in total. The lowest BCUT2D eigenvalue weighted by atomic mass is 9.97. The van der Waals surface area contributed by atoms with E-state index in [-0.39, 0.29) is 0 Å². The SMILES string of the molecule is CC1=C(C(=O)NNC(=O)c2ccncc2)C(c2ccccn2)N2C(=N1)Sc1cc(Br)ccc12. The van der Waals surface area contributed by atoms with Gasteiger partial charge >= 0.3 is 0 Å². The molecule has 5 rings (SSSR count). The summed E-state index contributed by atoms with van der Waals surface area (Å²) in [4.78, 5) is 42.0. The predicted octanol–water partition coefficient (Wildman–Crippen LogP) is 4.00. The molecule has 2 aliphatic rings. The molecule has 0 fully saturated rings. The van der Waals surface area contributed by atoms with Crippen molar-refractivity contribution in [1.82, 2.24) is 20.8 Å². The molecule has 0 aliphatic carbocycles. The molecule has 2 aromatic heterocycles. The largest absolute Gasteiger partial charge is 0.306 e. The number of amides is 2. The van der Waals surface area contributed by atoms with Gasteiger partial charge in [-0.25, -0.2) is 4.99 Å². The number of carbonyl (C=O) groups excluding carboxylic acids is 2. The number of nitrogens with one attached hydrogen (secondary N) is 2. The van der Waals surface area contributed by atoms with Crippen LogP contribution in [0.5, 0.6) is 0 Å². The van der Waals surface area contributed by atoms with Crippen molar-refractivity contribution in [3.8, 4) is 0 Å². The first-order chi connectivity index (χ1) is 16.0. The third-order valence-corrected chi connectivity index (χ3v) is 6.73. The number of rotatable bonds is 3. The second-order valence-electron chi connectivity index (χ2n) is 7.28. The molecule has 164 valence electrons. The van der Waals surface area contributed by atoms with Crippen LogP contribution in [0.2, 0.25) is 0 Å². The summed E-state index contributed by atoms with van der Waals surface area (Å²) in [5.41, 5.74) is 8.01. The van der Waals surface area contributed by atoms with E-state index in [4.69, 9.17) is 4.99 Å². The normalized spacial score (nSPS) is 16.6. The Bertz CT molecular complexity index is 1310. The molecule has 4 heterocycles. The maximum Gasteiger partial charge on any atom is 0.269 e. The molecule has 1 unspecified atom stereocenters. The number of aliphatic imine (C=N–C) groups is 1. The van der Waals surface area contributed by atoms with Crippen molar-refractivity contribution < 1.29 is 9.59 Å². The van der Waals surface area contributed by atoms with E-state index in [1.165, 1.54) is 12.4 Å². The Kier molecular flexibility index (Phi) is 5.69. The summed E-state index contributed by atoms with van der Waals surface area (Å²) in [6.07, 6.45) is 4.72. The summed E-state index contributed by atoms with van der Waals surface area (Å²) in [6, 6.07) is 14.2. The Morgan fingerprint density at radius 2 is 1.82 bits per heavy atom. The molecule has 1 aromatic carbocycles. The summed E-state index contributed by atoms with van der Waals surface area (Å²) in [7, 11) is 0. The quantitative estimate of drug-likeness (QED) is 0.506. The van der Waals surface area contributed by atoms with Gasteiger partial charge in [0.25, 0.3) is 11.8 Å². The van der Waals surface area contributed by atoms with E-state index < -0.39 is 17.9 Å². The molecule has 3 aromatic rings. The first-order valence-corrected chi connectivity index (χ1v) is 11.6. The molecule has 2 amide bonds. The fraction of sp³-hybridized carbons (Fsp3) is 0.0870. The molecule has 0 spiro atoms. The summed E-state index contributed by atoms with van der Waals surface area (Å²) in [5.74, 6) is -0.894. The van der Waals surface area contributed by atoms with Gasteiger partial charge in [0.05, 0.1) is 22.7 Å². The van der Waals surface area contributed by atoms with Gasteiger partial charge in [-0.3, -0.25) is 30.4 Å². The third kappa shape index (κ3) is 4.03. The number of allylic oxidation sites excluding steroid dienone is 1. The van der Waals surface area contributed by atoms with Gasteiger partial charge in [-0.05, 0) is 61.2 Å². The number of fused-ring (bicyclic) bond motifs is 3. The van der Waals surface area contributed by atoms with Crippen LogP contribution >= 0.6 is 27.7 Å². The second kappa shape index (κ2) is 8.80. The van der Waals surface area contributed by atoms with E-state index >= 15 is 0 Å². The molecule has 0 saturated heterocycles. The fourth-order valence-electron chi connectivity index (χ4n) is 3.74. The number of hydrazine groups is 1. The van der Waals surface area contributed by atoms with Crippen LogP contribution in [-0.2, 0) is 4.79 Å². The zero-order chi connectivity index (χ0) is 22.9. The minimum Gasteiger partial charge on any atom is -0.306 e. The Labute approximate surface area is 202 Å². The minimum absolute atomic E-state index is 0.386. The number of halogens is 1. The lowest BCUT2D eigenvalue weighted by Gasteiger charge is -2.34. The topological polar surface area (TPSA) is 99.6 Å². The molecule has 2 N–H and O–H groups in total. The number of benzene rings is 1. The zero-order valence-corrected chi connectivity index (χ0v) is 19.7. The van der Waals surface area contributed by atoms with Gasteiger partial charge in [0.1, 0.15) is 6.04 Å². The van der Waals surface area contributed by atoms with Crippen LogP contribution in [0.25, 0.3) is 0 Å². The van der Waals surface area contributed by atoms with Crippen molar-refractivity contribution in [2.24, 2.45) is 4.99 Å². The first kappa shape index (κ1) is 21.4. The average Bonchev–Trinajstić information content (AvgIpc) is 3.19. The smallest absolute Gasteiger partial charge is 0.269 e. The highest BCUT2D eigenvalue weighted by molar-refractivity contribution is 9.10. The zero-order valence-electron chi connectivity index (χ0n) is 17.3. The van der Waals surface area contributed by atoms with Crippen LogP contribution in [-0.4, -0.2) is 26.9 Å². The van der Waals surface area contributed by atoms with Gasteiger partial charge in [-0.1, -0.05) is 22.0 Å². The van der Waals surface area contributed by atoms with Crippen LogP contribution in [0.15, 0.2) is 92.8 Å². The number of amidine groups is 1. The highest BCUT2D eigenvalue weighted by Crippen LogP contribution is 2.49. The molecule has 33 heavy (non-hydrogen) atoms. The van der Waals surface area contributed by atoms with Gasteiger partial charge in [-0.2, -0.15) is 0 Å². The van der Waals surface area contributed by atoms with Crippen molar-refractivity contribution in [1.29, 1.82) is 0 Å². The summed E-state index contributed by atoms with van der Waals surface area (Å²) >= 11 is 5.06. The van der Waals surface area contributed by atoms with Crippen LogP contribution in [0, 0.1) is 0 Å². The number of anilines is 1. The number of nitrogens with zero attached hydrogens (tertiary/aromatic N) is 4. The number of carbonyl (C=O) groups is 2. The fourth-order valence-corrected chi connectivity index (χ4v) is 5.39. The standard InChI is InChI=1S/C23H17BrN6O2S/c1-13-19(22(32)29-28-21(31)14-7-10-25-11-8-14)20(16-4-2-3-9-26-16)30-17-6-5-15(24)12-18(17)33-23(30)27-13/h2-12,20H,1H3,(H,28,31)(H,29,32). The van der Waals surface area contributed by atoms with E-state index in [1.807, 2.05) is 41.3 Å². The van der Waals surface area contributed by atoms with Crippen LogP contribution < -0.4 is 15.8 Å². The van der Waals surface area contributed by atoms with Gasteiger partial charge in [-0.15, -0.1) is 0 Å². The van der Waals surface area contributed by atoms with E-state index in [2.05, 4.69) is 36.7 Å². The van der Waals surface area contributed by atoms with E-state index in [0.717, 1.165) is 20.2 Å². The number of thioether (sulfide) groups is 1. The minimum atomic E-state index is -0.508. The number of hydrogen-bond acceptors (Lipinski definition) is 7. The van der Waals surface area contributed by atoms with Gasteiger partial charge in [0.2, 0.25) is 0 Å². The van der Waals surface area contributed by atoms with Crippen LogP contribution in [0.1, 0.15) is 29.0 Å². The van der Waals surface area contributed by atoms with Crippen molar-refractivity contribution in [2.45, 2.75) is 17.9 Å². The monoisotopic (exact) mass is 520 g/mol. The molecule has 2 aliphatic heterocycles. The Morgan fingerprint density at radius 1 is 1.03 bits per heavy atom. The van der Waals surface area contributed by atoms with E-state index in [1.54, 1.807) is 37.0 Å². The number of aromatic nitrogens is 2. The molecular formula is C23H17BrN6O2S. The highest BCUT2D eigenvalue weighted by Gasteiger charge is 2.42. The maximum atomic E-state index is 13.3.